The van der Waals surface area contributed by atoms with E-state index in [0.717, 1.165) is 10.9 Å². The molecule has 108 valence electrons. The number of hydrogen-bond acceptors (Lipinski definition) is 4. The molecule has 0 saturated heterocycles. The van der Waals surface area contributed by atoms with Crippen LogP contribution in [0.5, 0.6) is 5.75 Å². The van der Waals surface area contributed by atoms with E-state index in [1.807, 2.05) is 52.0 Å². The minimum absolute atomic E-state index is 0.561. The van der Waals surface area contributed by atoms with Gasteiger partial charge in [-0.3, -0.25) is 0 Å². The summed E-state index contributed by atoms with van der Waals surface area (Å²) in [5.74, 6) is 0.816. The average Bonchev–Trinajstić information content (AvgIpc) is 2.40. The van der Waals surface area contributed by atoms with Crippen molar-refractivity contribution in [2.45, 2.75) is 27.7 Å². The highest BCUT2D eigenvalue weighted by atomic mass is 28.4. The second-order valence-electron chi connectivity index (χ2n) is 3.82. The fraction of sp³-hybridized carbons (Fsp3) is 0.571. The van der Waals surface area contributed by atoms with Crippen molar-refractivity contribution in [2.24, 2.45) is 0 Å². The minimum Gasteiger partial charge on any atom is -0.494 e. The third-order valence-electron chi connectivity index (χ3n) is 2.50. The molecule has 1 aromatic carbocycles. The smallest absolute Gasteiger partial charge is 0.494 e. The standard InChI is InChI=1S/C14H24O4Si/c1-5-15-13-10-9-11-14(12-13)19(16-6-2,17-7-3)18-8-4/h9-12H,5-8H2,1-4H3. The maximum absolute atomic E-state index is 5.87. The Morgan fingerprint density at radius 3 is 1.89 bits per heavy atom. The van der Waals surface area contributed by atoms with E-state index in [-0.39, 0.29) is 0 Å². The molecule has 0 radical (unpaired) electrons. The average molecular weight is 284 g/mol. The molecule has 5 heteroatoms. The first-order chi connectivity index (χ1) is 9.22. The van der Waals surface area contributed by atoms with E-state index in [2.05, 4.69) is 0 Å². The molecular weight excluding hydrogens is 260 g/mol. The van der Waals surface area contributed by atoms with Crippen molar-refractivity contribution in [3.05, 3.63) is 24.3 Å². The van der Waals surface area contributed by atoms with Crippen LogP contribution in [0.1, 0.15) is 27.7 Å². The second kappa shape index (κ2) is 8.32. The van der Waals surface area contributed by atoms with Crippen molar-refractivity contribution in [1.29, 1.82) is 0 Å². The zero-order valence-corrected chi connectivity index (χ0v) is 13.3. The highest BCUT2D eigenvalue weighted by molar-refractivity contribution is 6.75. The van der Waals surface area contributed by atoms with Gasteiger partial charge >= 0.3 is 8.80 Å². The van der Waals surface area contributed by atoms with Crippen molar-refractivity contribution in [1.82, 2.24) is 0 Å². The minimum atomic E-state index is -2.81. The van der Waals surface area contributed by atoms with Gasteiger partial charge in [0.2, 0.25) is 0 Å². The molecule has 0 bridgehead atoms. The van der Waals surface area contributed by atoms with Crippen molar-refractivity contribution >= 4 is 14.0 Å². The van der Waals surface area contributed by atoms with Crippen LogP contribution >= 0.6 is 0 Å². The summed E-state index contributed by atoms with van der Waals surface area (Å²) >= 11 is 0. The lowest BCUT2D eigenvalue weighted by atomic mass is 10.3. The molecule has 0 saturated carbocycles. The summed E-state index contributed by atoms with van der Waals surface area (Å²) in [7, 11) is -2.81. The van der Waals surface area contributed by atoms with E-state index in [1.54, 1.807) is 0 Å². The normalized spacial score (nSPS) is 11.6. The highest BCUT2D eigenvalue weighted by Crippen LogP contribution is 2.15. The predicted octanol–water partition coefficient (Wildman–Crippen LogP) is 2.34. The Bertz CT molecular complexity index is 353. The third-order valence-corrected chi connectivity index (χ3v) is 5.53. The summed E-state index contributed by atoms with van der Waals surface area (Å²) in [5.41, 5.74) is 0. The van der Waals surface area contributed by atoms with Crippen LogP contribution < -0.4 is 9.92 Å². The molecule has 19 heavy (non-hydrogen) atoms. The molecular formula is C14H24O4Si. The topological polar surface area (TPSA) is 36.9 Å². The SMILES string of the molecule is CCOc1cccc([Si](OCC)(OCC)OCC)c1. The number of rotatable bonds is 9. The molecule has 0 spiro atoms. The molecule has 0 aliphatic heterocycles. The molecule has 0 N–H and O–H groups in total. The van der Waals surface area contributed by atoms with Crippen LogP contribution in [0.25, 0.3) is 0 Å². The summed E-state index contributed by atoms with van der Waals surface area (Å²) in [6, 6.07) is 7.81. The molecule has 0 aliphatic carbocycles. The summed E-state index contributed by atoms with van der Waals surface area (Å²) in [6.45, 7) is 10.1. The fourth-order valence-corrected chi connectivity index (χ4v) is 4.40. The van der Waals surface area contributed by atoms with Crippen LogP contribution in [0.4, 0.5) is 0 Å². The van der Waals surface area contributed by atoms with Crippen molar-refractivity contribution in [3.8, 4) is 5.75 Å². The van der Waals surface area contributed by atoms with Crippen molar-refractivity contribution < 1.29 is 18.0 Å². The van der Waals surface area contributed by atoms with Crippen LogP contribution in [0.2, 0.25) is 0 Å². The Balaban J connectivity index is 3.09. The largest absolute Gasteiger partial charge is 0.537 e. The van der Waals surface area contributed by atoms with Crippen LogP contribution in [0.15, 0.2) is 24.3 Å². The van der Waals surface area contributed by atoms with Gasteiger partial charge < -0.3 is 18.0 Å². The fourth-order valence-electron chi connectivity index (χ4n) is 1.89. The Labute approximate surface area is 117 Å². The monoisotopic (exact) mass is 284 g/mol. The van der Waals surface area contributed by atoms with Gasteiger partial charge in [-0.05, 0) is 39.8 Å². The zero-order chi connectivity index (χ0) is 14.1. The Morgan fingerprint density at radius 1 is 0.842 bits per heavy atom. The quantitative estimate of drug-likeness (QED) is 0.652. The van der Waals surface area contributed by atoms with Crippen LogP contribution in [0, 0.1) is 0 Å². The van der Waals surface area contributed by atoms with Gasteiger partial charge in [0.1, 0.15) is 5.75 Å². The molecule has 0 amide bonds. The first kappa shape index (κ1) is 16.2. The lowest BCUT2D eigenvalue weighted by Gasteiger charge is -2.28. The lowest BCUT2D eigenvalue weighted by molar-refractivity contribution is 0.0858. The van der Waals surface area contributed by atoms with Crippen LogP contribution in [0.3, 0.4) is 0 Å². The van der Waals surface area contributed by atoms with E-state index in [9.17, 15) is 0 Å². The Kier molecular flexibility index (Phi) is 7.08. The van der Waals surface area contributed by atoms with Gasteiger partial charge in [-0.25, -0.2) is 0 Å². The second-order valence-corrected chi connectivity index (χ2v) is 6.37. The third kappa shape index (κ3) is 4.31. The summed E-state index contributed by atoms with van der Waals surface area (Å²) in [4.78, 5) is 0. The van der Waals surface area contributed by atoms with Gasteiger partial charge in [0.25, 0.3) is 0 Å². The van der Waals surface area contributed by atoms with Gasteiger partial charge in [-0.15, -0.1) is 0 Å². The maximum atomic E-state index is 5.87. The molecule has 1 rings (SSSR count). The number of ether oxygens (including phenoxy) is 1. The first-order valence-corrected chi connectivity index (χ1v) is 8.60. The zero-order valence-electron chi connectivity index (χ0n) is 12.3. The van der Waals surface area contributed by atoms with Crippen LogP contribution in [-0.2, 0) is 13.3 Å². The van der Waals surface area contributed by atoms with E-state index < -0.39 is 8.80 Å². The van der Waals surface area contributed by atoms with E-state index in [1.165, 1.54) is 0 Å². The van der Waals surface area contributed by atoms with E-state index in [4.69, 9.17) is 18.0 Å². The highest BCUT2D eigenvalue weighted by Gasteiger charge is 2.43. The lowest BCUT2D eigenvalue weighted by Crippen LogP contribution is -2.56. The maximum Gasteiger partial charge on any atom is 0.537 e. The molecule has 0 atom stereocenters. The van der Waals surface area contributed by atoms with Crippen LogP contribution in [-0.4, -0.2) is 35.2 Å². The van der Waals surface area contributed by atoms with Crippen molar-refractivity contribution in [3.63, 3.8) is 0 Å². The molecule has 0 fully saturated rings. The molecule has 0 aliphatic rings. The molecule has 0 unspecified atom stereocenters. The van der Waals surface area contributed by atoms with E-state index in [0.29, 0.717) is 26.4 Å². The van der Waals surface area contributed by atoms with Gasteiger partial charge in [0, 0.05) is 25.0 Å². The molecule has 1 aromatic rings. The summed E-state index contributed by atoms with van der Waals surface area (Å²) in [6.07, 6.45) is 0. The van der Waals surface area contributed by atoms with Crippen molar-refractivity contribution in [2.75, 3.05) is 26.4 Å². The molecule has 0 aromatic heterocycles. The molecule has 0 heterocycles. The number of benzene rings is 1. The predicted molar refractivity (Wildman–Crippen MR) is 77.9 cm³/mol. The Morgan fingerprint density at radius 2 is 1.42 bits per heavy atom. The summed E-state index contributed by atoms with van der Waals surface area (Å²) in [5, 5.41) is 0.948. The molecule has 4 nitrogen and oxygen atoms in total. The number of hydrogen-bond donors (Lipinski definition) is 0. The van der Waals surface area contributed by atoms with Gasteiger partial charge in [0.05, 0.1) is 6.61 Å². The Hall–Kier alpha value is -0.883. The van der Waals surface area contributed by atoms with Gasteiger partial charge in [-0.2, -0.15) is 0 Å². The van der Waals surface area contributed by atoms with Gasteiger partial charge in [-0.1, -0.05) is 12.1 Å². The van der Waals surface area contributed by atoms with E-state index >= 15 is 0 Å². The first-order valence-electron chi connectivity index (χ1n) is 6.87. The van der Waals surface area contributed by atoms with Gasteiger partial charge in [0.15, 0.2) is 0 Å². The summed E-state index contributed by atoms with van der Waals surface area (Å²) < 4.78 is 23.1.